The molecule has 1 heterocycles. The Hall–Kier alpha value is 1.14. The molecule has 4 unspecified atom stereocenters. The SMILES string of the molecule is CN1CC(F)NCC(F)N(C)C[C](F)([Ti+3])N(C)CC1F.[Cl-].[Cl-].[Cl-]. The standard InChI is InChI=1S/C11H21F4N4.3ClH.Ti/c1-17-5-8(12)16-4-9(13)18(2)6-11(15)19(3)7-10(17)14;;;;/h8-10,16H,4-7H2,1-3H3;3*1H;/q;;;;+3/p-3. The van der Waals surface area contributed by atoms with Crippen molar-refractivity contribution >= 4 is 0 Å². The van der Waals surface area contributed by atoms with Gasteiger partial charge in [0, 0.05) is 0 Å². The van der Waals surface area contributed by atoms with Crippen LogP contribution in [0, 0.1) is 0 Å². The van der Waals surface area contributed by atoms with Gasteiger partial charge in [-0.3, -0.25) is 0 Å². The minimum Gasteiger partial charge on any atom is -1.00 e. The van der Waals surface area contributed by atoms with E-state index < -0.39 is 23.0 Å². The topological polar surface area (TPSA) is 21.8 Å². The van der Waals surface area contributed by atoms with Gasteiger partial charge in [-0.1, -0.05) is 0 Å². The van der Waals surface area contributed by atoms with Gasteiger partial charge < -0.3 is 37.2 Å². The van der Waals surface area contributed by atoms with Crippen molar-refractivity contribution in [2.45, 2.75) is 23.0 Å². The molecule has 0 aromatic carbocycles. The molecule has 12 heteroatoms. The van der Waals surface area contributed by atoms with E-state index in [0.29, 0.717) is 0 Å². The van der Waals surface area contributed by atoms with Gasteiger partial charge in [0.15, 0.2) is 0 Å². The summed E-state index contributed by atoms with van der Waals surface area (Å²) in [5.74, 6) is 0. The monoisotopic (exact) mass is 438 g/mol. The normalized spacial score (nSPS) is 35.8. The molecular weight excluding hydrogens is 418 g/mol. The van der Waals surface area contributed by atoms with Gasteiger partial charge in [0.2, 0.25) is 0 Å². The van der Waals surface area contributed by atoms with Crippen molar-refractivity contribution in [1.82, 2.24) is 20.0 Å². The molecule has 0 radical (unpaired) electrons. The van der Waals surface area contributed by atoms with Crippen molar-refractivity contribution < 1.29 is 75.2 Å². The molecule has 1 N–H and O–H groups in total. The number of likely N-dealkylation sites (N-methyl/N-ethyl adjacent to an activating group) is 3. The second-order valence-corrected chi connectivity index (χ2v) is 6.44. The van der Waals surface area contributed by atoms with E-state index in [4.69, 9.17) is 0 Å². The molecule has 0 aromatic heterocycles. The first kappa shape index (κ1) is 28.9. The Balaban J connectivity index is -0.00000133. The molecule has 4 atom stereocenters. The van der Waals surface area contributed by atoms with Gasteiger partial charge in [-0.2, -0.15) is 0 Å². The van der Waals surface area contributed by atoms with Gasteiger partial charge in [-0.05, 0) is 0 Å². The van der Waals surface area contributed by atoms with Crippen LogP contribution in [0.4, 0.5) is 17.6 Å². The second-order valence-electron chi connectivity index (χ2n) is 5.24. The predicted octanol–water partition coefficient (Wildman–Crippen LogP) is -8.55. The third-order valence-electron chi connectivity index (χ3n) is 3.40. The van der Waals surface area contributed by atoms with E-state index in [9.17, 15) is 17.6 Å². The van der Waals surface area contributed by atoms with Crippen LogP contribution in [0.1, 0.15) is 0 Å². The summed E-state index contributed by atoms with van der Waals surface area (Å²) in [6.45, 7) is -0.961. The number of rotatable bonds is 0. The fraction of sp³-hybridized carbons (Fsp3) is 1.00. The maximum Gasteiger partial charge on any atom is -1.00 e. The number of nitrogens with zero attached hydrogens (tertiary/aromatic N) is 3. The minimum absolute atomic E-state index is 0. The Bertz CT molecular complexity index is 323. The van der Waals surface area contributed by atoms with Crippen LogP contribution in [0.3, 0.4) is 0 Å². The number of hydrogen-bond acceptors (Lipinski definition) is 4. The van der Waals surface area contributed by atoms with Crippen molar-refractivity contribution in [3.63, 3.8) is 0 Å². The van der Waals surface area contributed by atoms with Crippen molar-refractivity contribution in [3.8, 4) is 0 Å². The Morgan fingerprint density at radius 2 is 1.48 bits per heavy atom. The fourth-order valence-electron chi connectivity index (χ4n) is 1.87. The molecule has 4 nitrogen and oxygen atoms in total. The van der Waals surface area contributed by atoms with E-state index in [1.54, 1.807) is 0 Å². The smallest absolute Gasteiger partial charge is 1.00 e. The van der Waals surface area contributed by atoms with Gasteiger partial charge >= 0.3 is 128 Å². The van der Waals surface area contributed by atoms with Gasteiger partial charge in [0.25, 0.3) is 0 Å². The minimum atomic E-state index is -1.88. The molecule has 0 aliphatic carbocycles. The second kappa shape index (κ2) is 12.5. The van der Waals surface area contributed by atoms with E-state index >= 15 is 0 Å². The zero-order valence-electron chi connectivity index (χ0n) is 13.0. The largest absolute Gasteiger partial charge is 1.00 e. The zero-order valence-corrected chi connectivity index (χ0v) is 16.9. The summed E-state index contributed by atoms with van der Waals surface area (Å²) in [5, 5.41) is 2.34. The maximum absolute atomic E-state index is 14.5. The third-order valence-corrected chi connectivity index (χ3v) is 4.24. The van der Waals surface area contributed by atoms with Crippen LogP contribution in [0.2, 0.25) is 0 Å². The Labute approximate surface area is 165 Å². The molecule has 1 aliphatic heterocycles. The van der Waals surface area contributed by atoms with Crippen LogP contribution >= 0.6 is 0 Å². The molecule has 138 valence electrons. The molecule has 0 amide bonds. The number of alkyl halides is 4. The fourth-order valence-corrected chi connectivity index (χ4v) is 2.41. The summed E-state index contributed by atoms with van der Waals surface area (Å²) in [7, 11) is 4.25. The molecule has 0 bridgehead atoms. The molecule has 0 saturated carbocycles. The first-order chi connectivity index (χ1) is 9.13. The average Bonchev–Trinajstić information content (AvgIpc) is 2.33. The Morgan fingerprint density at radius 1 is 0.957 bits per heavy atom. The summed E-state index contributed by atoms with van der Waals surface area (Å²) in [6.07, 6.45) is -4.55. The first-order valence-electron chi connectivity index (χ1n) is 6.34. The van der Waals surface area contributed by atoms with Gasteiger partial charge in [0.1, 0.15) is 0 Å². The van der Waals surface area contributed by atoms with E-state index in [1.165, 1.54) is 46.5 Å². The van der Waals surface area contributed by atoms with E-state index in [2.05, 4.69) is 5.32 Å². The van der Waals surface area contributed by atoms with Crippen LogP contribution in [-0.4, -0.2) is 85.0 Å². The number of halogens is 7. The molecule has 1 aliphatic rings. The van der Waals surface area contributed by atoms with Crippen LogP contribution in [0.5, 0.6) is 0 Å². The van der Waals surface area contributed by atoms with Crippen molar-refractivity contribution in [1.29, 1.82) is 0 Å². The summed E-state index contributed by atoms with van der Waals surface area (Å²) >= 11 is 1.28. The molecule has 23 heavy (non-hydrogen) atoms. The summed E-state index contributed by atoms with van der Waals surface area (Å²) in [6, 6.07) is 0. The number of nitrogens with one attached hydrogen (secondary N) is 1. The Morgan fingerprint density at radius 3 is 2.00 bits per heavy atom. The molecule has 1 fully saturated rings. The van der Waals surface area contributed by atoms with Crippen molar-refractivity contribution in [2.24, 2.45) is 0 Å². The van der Waals surface area contributed by atoms with E-state index in [0.717, 1.165) is 9.80 Å². The number of hydrogen-bond donors (Lipinski definition) is 1. The maximum atomic E-state index is 14.5. The molecular formula is C11H21Cl3F4N4Ti. The molecule has 0 spiro atoms. The van der Waals surface area contributed by atoms with Crippen LogP contribution in [0.15, 0.2) is 0 Å². The summed E-state index contributed by atoms with van der Waals surface area (Å²) in [4.78, 5) is 3.47. The molecule has 1 rings (SSSR count). The van der Waals surface area contributed by atoms with Crippen molar-refractivity contribution in [3.05, 3.63) is 0 Å². The van der Waals surface area contributed by atoms with Gasteiger partial charge in [-0.25, -0.2) is 0 Å². The van der Waals surface area contributed by atoms with Crippen LogP contribution in [0.25, 0.3) is 0 Å². The average molecular weight is 440 g/mol. The summed E-state index contributed by atoms with van der Waals surface area (Å²) < 4.78 is 53.9. The van der Waals surface area contributed by atoms with E-state index in [1.807, 2.05) is 0 Å². The van der Waals surface area contributed by atoms with E-state index in [-0.39, 0.29) is 63.4 Å². The quantitative estimate of drug-likeness (QED) is 0.230. The van der Waals surface area contributed by atoms with Crippen LogP contribution < -0.4 is 42.5 Å². The summed E-state index contributed by atoms with van der Waals surface area (Å²) in [5.41, 5.74) is 0. The Kier molecular flexibility index (Phi) is 15.7. The van der Waals surface area contributed by atoms with Gasteiger partial charge in [0.05, 0.1) is 0 Å². The third kappa shape index (κ3) is 9.42. The molecule has 0 aromatic rings. The van der Waals surface area contributed by atoms with Crippen molar-refractivity contribution in [2.75, 3.05) is 47.3 Å². The van der Waals surface area contributed by atoms with Crippen LogP contribution in [-0.2, 0) is 20.4 Å². The predicted molar refractivity (Wildman–Crippen MR) is 64.4 cm³/mol. The first-order valence-corrected chi connectivity index (χ1v) is 7.13. The molecule has 1 saturated heterocycles. The zero-order chi connectivity index (χ0) is 15.5. The van der Waals surface area contributed by atoms with Gasteiger partial charge in [-0.15, -0.1) is 0 Å².